The maximum atomic E-state index is 13.3. The number of halogens is 1. The Kier molecular flexibility index (Phi) is 7.46. The van der Waals surface area contributed by atoms with Crippen molar-refractivity contribution in [1.29, 1.82) is 0 Å². The lowest BCUT2D eigenvalue weighted by atomic mass is 10.1. The number of sulfonamides is 1. The first-order chi connectivity index (χ1) is 12.9. The van der Waals surface area contributed by atoms with Crippen LogP contribution in [-0.2, 0) is 16.4 Å². The van der Waals surface area contributed by atoms with Crippen LogP contribution in [-0.4, -0.2) is 33.5 Å². The minimum atomic E-state index is -3.75. The second kappa shape index (κ2) is 9.41. The smallest absolute Gasteiger partial charge is 0.264 e. The van der Waals surface area contributed by atoms with Gasteiger partial charge in [0.25, 0.3) is 15.9 Å². The number of carbonyl (C=O) groups excluding carboxylic acids is 1. The van der Waals surface area contributed by atoms with Crippen molar-refractivity contribution in [1.82, 2.24) is 5.32 Å². The summed E-state index contributed by atoms with van der Waals surface area (Å²) in [5.74, 6) is -0.279. The van der Waals surface area contributed by atoms with Gasteiger partial charge in [-0.25, -0.2) is 8.42 Å². The van der Waals surface area contributed by atoms with E-state index in [1.165, 1.54) is 16.4 Å². The van der Waals surface area contributed by atoms with E-state index in [-0.39, 0.29) is 29.3 Å². The number of anilines is 1. The highest BCUT2D eigenvalue weighted by molar-refractivity contribution is 7.92. The quantitative estimate of drug-likeness (QED) is 0.669. The summed E-state index contributed by atoms with van der Waals surface area (Å²) in [6, 6.07) is 13.6. The number of benzene rings is 2. The van der Waals surface area contributed by atoms with E-state index in [9.17, 15) is 13.2 Å². The first kappa shape index (κ1) is 22.2. The maximum absolute atomic E-state index is 13.3. The number of rotatable bonds is 7. The van der Waals surface area contributed by atoms with Crippen LogP contribution in [0.5, 0.6) is 0 Å². The Hall–Kier alpha value is -2.09. The minimum absolute atomic E-state index is 0. The Balaban J connectivity index is 0.00000280. The van der Waals surface area contributed by atoms with Gasteiger partial charge >= 0.3 is 0 Å². The number of amides is 1. The molecule has 0 saturated carbocycles. The summed E-state index contributed by atoms with van der Waals surface area (Å²) in [6.45, 7) is 2.99. The summed E-state index contributed by atoms with van der Waals surface area (Å²) in [7, 11) is -3.75. The minimum Gasteiger partial charge on any atom is -0.352 e. The second-order valence-corrected chi connectivity index (χ2v) is 8.58. The van der Waals surface area contributed by atoms with Gasteiger partial charge in [-0.05, 0) is 62.6 Å². The molecular weight excluding hydrogens is 398 g/mol. The van der Waals surface area contributed by atoms with Crippen molar-refractivity contribution in [3.63, 3.8) is 0 Å². The van der Waals surface area contributed by atoms with Gasteiger partial charge in [0, 0.05) is 18.2 Å². The van der Waals surface area contributed by atoms with Crippen LogP contribution in [0.2, 0.25) is 0 Å². The first-order valence-corrected chi connectivity index (χ1v) is 10.6. The zero-order valence-corrected chi connectivity index (χ0v) is 17.4. The van der Waals surface area contributed by atoms with Crippen molar-refractivity contribution in [2.45, 2.75) is 37.1 Å². The average Bonchev–Trinajstić information content (AvgIpc) is 3.01. The van der Waals surface area contributed by atoms with Crippen LogP contribution >= 0.6 is 12.4 Å². The highest BCUT2D eigenvalue weighted by Gasteiger charge is 2.36. The lowest BCUT2D eigenvalue weighted by Crippen LogP contribution is -2.36. The summed E-state index contributed by atoms with van der Waals surface area (Å²) in [6.07, 6.45) is 2.31. The summed E-state index contributed by atoms with van der Waals surface area (Å²) in [4.78, 5) is 12.4. The number of nitrogens with zero attached hydrogens (tertiary/aromatic N) is 1. The molecule has 3 N–H and O–H groups in total. The molecule has 1 unspecified atom stereocenters. The van der Waals surface area contributed by atoms with Gasteiger partial charge in [0.1, 0.15) is 0 Å². The van der Waals surface area contributed by atoms with Crippen LogP contribution in [0, 0.1) is 0 Å². The number of nitrogens with one attached hydrogen (secondary N) is 1. The molecule has 1 atom stereocenters. The van der Waals surface area contributed by atoms with Crippen LogP contribution in [0.15, 0.2) is 53.4 Å². The summed E-state index contributed by atoms with van der Waals surface area (Å²) in [5, 5.41) is 2.80. The van der Waals surface area contributed by atoms with Gasteiger partial charge in [-0.15, -0.1) is 12.4 Å². The first-order valence-electron chi connectivity index (χ1n) is 9.16. The van der Waals surface area contributed by atoms with Crippen molar-refractivity contribution >= 4 is 34.0 Å². The van der Waals surface area contributed by atoms with Gasteiger partial charge < -0.3 is 11.1 Å². The van der Waals surface area contributed by atoms with Gasteiger partial charge in [0.15, 0.2) is 0 Å². The highest BCUT2D eigenvalue weighted by atomic mass is 35.5. The Morgan fingerprint density at radius 1 is 1.18 bits per heavy atom. The summed E-state index contributed by atoms with van der Waals surface area (Å²) >= 11 is 0. The topological polar surface area (TPSA) is 92.5 Å². The molecule has 0 aliphatic carbocycles. The molecule has 1 aliphatic rings. The fourth-order valence-electron chi connectivity index (χ4n) is 3.39. The van der Waals surface area contributed by atoms with E-state index in [2.05, 4.69) is 5.32 Å². The molecule has 0 aromatic heterocycles. The Morgan fingerprint density at radius 3 is 2.68 bits per heavy atom. The van der Waals surface area contributed by atoms with Gasteiger partial charge in [-0.3, -0.25) is 9.10 Å². The van der Waals surface area contributed by atoms with Gasteiger partial charge in [0.2, 0.25) is 0 Å². The van der Waals surface area contributed by atoms with Crippen LogP contribution in [0.3, 0.4) is 0 Å². The number of unbranched alkanes of at least 4 members (excludes halogenated alkanes) is 1. The largest absolute Gasteiger partial charge is 0.352 e. The van der Waals surface area contributed by atoms with Crippen LogP contribution in [0.25, 0.3) is 0 Å². The molecule has 8 heteroatoms. The highest BCUT2D eigenvalue weighted by Crippen LogP contribution is 2.36. The summed E-state index contributed by atoms with van der Waals surface area (Å²) < 4.78 is 28.0. The van der Waals surface area contributed by atoms with Gasteiger partial charge in [-0.2, -0.15) is 0 Å². The number of hydrogen-bond donors (Lipinski definition) is 2. The lowest BCUT2D eigenvalue weighted by Gasteiger charge is -2.24. The fraction of sp³-hybridized carbons (Fsp3) is 0.350. The number of fused-ring (bicyclic) bond motifs is 1. The lowest BCUT2D eigenvalue weighted by molar-refractivity contribution is 0.0953. The van der Waals surface area contributed by atoms with Gasteiger partial charge in [0.05, 0.1) is 10.6 Å². The van der Waals surface area contributed by atoms with E-state index in [4.69, 9.17) is 5.73 Å². The Morgan fingerprint density at radius 2 is 1.93 bits per heavy atom. The third kappa shape index (κ3) is 4.48. The number of carbonyl (C=O) groups is 1. The van der Waals surface area contributed by atoms with Crippen molar-refractivity contribution in [3.8, 4) is 0 Å². The third-order valence-electron chi connectivity index (χ3n) is 4.71. The number of hydrogen-bond acceptors (Lipinski definition) is 4. The molecule has 0 fully saturated rings. The van der Waals surface area contributed by atoms with Crippen molar-refractivity contribution in [3.05, 3.63) is 59.7 Å². The molecule has 1 aliphatic heterocycles. The zero-order valence-electron chi connectivity index (χ0n) is 15.8. The van der Waals surface area contributed by atoms with E-state index >= 15 is 0 Å². The molecule has 0 bridgehead atoms. The van der Waals surface area contributed by atoms with E-state index in [0.717, 1.165) is 18.4 Å². The predicted octanol–water partition coefficient (Wildman–Crippen LogP) is 2.72. The Bertz CT molecular complexity index is 934. The second-order valence-electron chi connectivity index (χ2n) is 6.76. The molecule has 0 spiro atoms. The molecule has 152 valence electrons. The normalized spacial score (nSPS) is 15.6. The van der Waals surface area contributed by atoms with E-state index in [0.29, 0.717) is 30.8 Å². The maximum Gasteiger partial charge on any atom is 0.264 e. The SMILES string of the molecule is CC1Cc2ccccc2N1S(=O)(=O)c1cccc(C(=O)NCCCCN)c1.Cl. The molecular formula is C20H26ClN3O3S. The molecule has 1 heterocycles. The predicted molar refractivity (Wildman–Crippen MR) is 114 cm³/mol. The molecule has 28 heavy (non-hydrogen) atoms. The molecule has 2 aromatic carbocycles. The summed E-state index contributed by atoms with van der Waals surface area (Å²) in [5.41, 5.74) is 7.51. The molecule has 0 saturated heterocycles. The van der Waals surface area contributed by atoms with Crippen molar-refractivity contribution < 1.29 is 13.2 Å². The van der Waals surface area contributed by atoms with E-state index in [1.54, 1.807) is 12.1 Å². The van der Waals surface area contributed by atoms with Crippen LogP contribution in [0.1, 0.15) is 35.7 Å². The van der Waals surface area contributed by atoms with E-state index in [1.807, 2.05) is 31.2 Å². The zero-order chi connectivity index (χ0) is 19.4. The van der Waals surface area contributed by atoms with E-state index < -0.39 is 10.0 Å². The fourth-order valence-corrected chi connectivity index (χ4v) is 5.13. The van der Waals surface area contributed by atoms with Crippen LogP contribution < -0.4 is 15.4 Å². The monoisotopic (exact) mass is 423 g/mol. The molecule has 3 rings (SSSR count). The average molecular weight is 424 g/mol. The van der Waals surface area contributed by atoms with Crippen LogP contribution in [0.4, 0.5) is 5.69 Å². The third-order valence-corrected chi connectivity index (χ3v) is 6.64. The molecule has 0 radical (unpaired) electrons. The standard InChI is InChI=1S/C20H25N3O3S.ClH/c1-15-13-16-7-2-3-10-19(16)23(15)27(25,26)18-9-6-8-17(14-18)20(24)22-12-5-4-11-21;/h2-3,6-10,14-15H,4-5,11-13,21H2,1H3,(H,22,24);1H. The van der Waals surface area contributed by atoms with Crippen molar-refractivity contribution in [2.24, 2.45) is 5.73 Å². The molecule has 1 amide bonds. The van der Waals surface area contributed by atoms with Gasteiger partial charge in [-0.1, -0.05) is 24.3 Å². The number of para-hydroxylation sites is 1. The molecule has 2 aromatic rings. The Labute approximate surface area is 172 Å². The number of nitrogens with two attached hydrogens (primary N) is 1. The molecule has 6 nitrogen and oxygen atoms in total. The van der Waals surface area contributed by atoms with Crippen molar-refractivity contribution in [2.75, 3.05) is 17.4 Å².